The summed E-state index contributed by atoms with van der Waals surface area (Å²) in [5, 5.41) is 6.46. The molecule has 0 aromatic rings. The van der Waals surface area contributed by atoms with E-state index in [-0.39, 0.29) is 5.91 Å². The highest BCUT2D eigenvalue weighted by atomic mass is 16.5. The van der Waals surface area contributed by atoms with Gasteiger partial charge in [0.05, 0.1) is 19.8 Å². The minimum atomic E-state index is 0.0647. The molecule has 0 aromatic heterocycles. The fraction of sp³-hybridized carbons (Fsp3) is 0.900. The Morgan fingerprint density at radius 1 is 0.966 bits per heavy atom. The molecule has 0 spiro atoms. The third-order valence-electron chi connectivity index (χ3n) is 5.75. The zero-order valence-corrected chi connectivity index (χ0v) is 18.5. The fourth-order valence-corrected chi connectivity index (χ4v) is 3.87. The van der Waals surface area contributed by atoms with Crippen LogP contribution in [-0.4, -0.2) is 126 Å². The van der Waals surface area contributed by atoms with Gasteiger partial charge in [-0.15, -0.1) is 0 Å². The number of hydrogen-bond acceptors (Lipinski definition) is 6. The Kier molecular flexibility index (Phi) is 11.3. The van der Waals surface area contributed by atoms with E-state index in [4.69, 9.17) is 9.47 Å². The predicted octanol–water partition coefficient (Wildman–Crippen LogP) is -0.700. The number of piperidine rings is 1. The number of carbonyl (C=O) groups is 1. The molecular formula is C20H40N6O3. The van der Waals surface area contributed by atoms with Gasteiger partial charge in [0.15, 0.2) is 5.96 Å². The van der Waals surface area contributed by atoms with Crippen LogP contribution in [0.25, 0.3) is 0 Å². The monoisotopic (exact) mass is 412 g/mol. The first-order valence-electron chi connectivity index (χ1n) is 10.8. The molecule has 0 unspecified atom stereocenters. The van der Waals surface area contributed by atoms with Crippen molar-refractivity contribution in [3.8, 4) is 0 Å². The zero-order chi connectivity index (χ0) is 20.9. The van der Waals surface area contributed by atoms with Crippen LogP contribution in [0.5, 0.6) is 0 Å². The van der Waals surface area contributed by atoms with Crippen LogP contribution in [0.4, 0.5) is 0 Å². The van der Waals surface area contributed by atoms with Gasteiger partial charge in [0.25, 0.3) is 0 Å². The average Bonchev–Trinajstić information content (AvgIpc) is 2.75. The lowest BCUT2D eigenvalue weighted by Gasteiger charge is -2.37. The Labute approximate surface area is 175 Å². The van der Waals surface area contributed by atoms with Crippen LogP contribution >= 0.6 is 0 Å². The molecule has 2 fully saturated rings. The summed E-state index contributed by atoms with van der Waals surface area (Å²) in [5.74, 6) is 1.74. The number of amides is 1. The van der Waals surface area contributed by atoms with E-state index in [1.807, 2.05) is 7.05 Å². The average molecular weight is 413 g/mol. The summed E-state index contributed by atoms with van der Waals surface area (Å²) in [4.78, 5) is 23.4. The SMILES string of the molecule is CN=C(NCC1CCN(CCOC)CC1)N1CCN(CC(=O)NCCOC)CC1. The van der Waals surface area contributed by atoms with Crippen molar-refractivity contribution in [2.75, 3.05) is 99.9 Å². The highest BCUT2D eigenvalue weighted by molar-refractivity contribution is 5.80. The van der Waals surface area contributed by atoms with Crippen molar-refractivity contribution in [1.82, 2.24) is 25.3 Å². The minimum Gasteiger partial charge on any atom is -0.383 e. The van der Waals surface area contributed by atoms with Gasteiger partial charge in [-0.25, -0.2) is 0 Å². The quantitative estimate of drug-likeness (QED) is 0.279. The molecule has 0 bridgehead atoms. The van der Waals surface area contributed by atoms with E-state index in [1.165, 1.54) is 12.8 Å². The van der Waals surface area contributed by atoms with Crippen LogP contribution in [0.15, 0.2) is 4.99 Å². The van der Waals surface area contributed by atoms with Crippen molar-refractivity contribution in [3.05, 3.63) is 0 Å². The van der Waals surface area contributed by atoms with Crippen LogP contribution < -0.4 is 10.6 Å². The fourth-order valence-electron chi connectivity index (χ4n) is 3.87. The van der Waals surface area contributed by atoms with E-state index in [9.17, 15) is 4.79 Å². The zero-order valence-electron chi connectivity index (χ0n) is 18.5. The molecule has 9 heteroatoms. The molecular weight excluding hydrogens is 372 g/mol. The Morgan fingerprint density at radius 3 is 2.28 bits per heavy atom. The summed E-state index contributed by atoms with van der Waals surface area (Å²) < 4.78 is 10.1. The van der Waals surface area contributed by atoms with Crippen molar-refractivity contribution < 1.29 is 14.3 Å². The van der Waals surface area contributed by atoms with Crippen LogP contribution in [0.2, 0.25) is 0 Å². The molecule has 2 aliphatic rings. The highest BCUT2D eigenvalue weighted by Crippen LogP contribution is 2.16. The van der Waals surface area contributed by atoms with Crippen molar-refractivity contribution >= 4 is 11.9 Å². The van der Waals surface area contributed by atoms with Gasteiger partial charge in [0, 0.05) is 67.1 Å². The Morgan fingerprint density at radius 2 is 1.66 bits per heavy atom. The molecule has 168 valence electrons. The van der Waals surface area contributed by atoms with Gasteiger partial charge in [-0.05, 0) is 31.8 Å². The first-order valence-corrected chi connectivity index (χ1v) is 10.8. The smallest absolute Gasteiger partial charge is 0.234 e. The summed E-state index contributed by atoms with van der Waals surface area (Å²) in [6.07, 6.45) is 2.44. The number of rotatable bonds is 10. The van der Waals surface area contributed by atoms with Gasteiger partial charge >= 0.3 is 0 Å². The molecule has 29 heavy (non-hydrogen) atoms. The largest absolute Gasteiger partial charge is 0.383 e. The van der Waals surface area contributed by atoms with E-state index in [2.05, 4.69) is 30.3 Å². The molecule has 2 heterocycles. The maximum absolute atomic E-state index is 11.9. The highest BCUT2D eigenvalue weighted by Gasteiger charge is 2.23. The van der Waals surface area contributed by atoms with E-state index < -0.39 is 0 Å². The molecule has 0 atom stereocenters. The van der Waals surface area contributed by atoms with E-state index in [1.54, 1.807) is 14.2 Å². The maximum Gasteiger partial charge on any atom is 0.234 e. The first-order chi connectivity index (χ1) is 14.2. The maximum atomic E-state index is 11.9. The van der Waals surface area contributed by atoms with Gasteiger partial charge < -0.3 is 29.9 Å². The molecule has 1 amide bonds. The molecule has 0 radical (unpaired) electrons. The van der Waals surface area contributed by atoms with Gasteiger partial charge in [-0.1, -0.05) is 0 Å². The lowest BCUT2D eigenvalue weighted by atomic mass is 9.97. The molecule has 2 rings (SSSR count). The first kappa shape index (κ1) is 23.9. The Bertz CT molecular complexity index is 489. The second-order valence-electron chi connectivity index (χ2n) is 7.81. The molecule has 2 N–H and O–H groups in total. The van der Waals surface area contributed by atoms with Crippen LogP contribution in [0, 0.1) is 5.92 Å². The summed E-state index contributed by atoms with van der Waals surface area (Å²) in [7, 11) is 5.25. The Balaban J connectivity index is 1.63. The Hall–Kier alpha value is -1.42. The van der Waals surface area contributed by atoms with Gasteiger partial charge in [0.2, 0.25) is 5.91 Å². The van der Waals surface area contributed by atoms with Crippen LogP contribution in [0.3, 0.4) is 0 Å². The van der Waals surface area contributed by atoms with E-state index in [0.717, 1.165) is 64.9 Å². The van der Waals surface area contributed by atoms with Crippen molar-refractivity contribution in [1.29, 1.82) is 0 Å². The number of aliphatic imine (C=N–C) groups is 1. The minimum absolute atomic E-state index is 0.0647. The lowest BCUT2D eigenvalue weighted by Crippen LogP contribution is -2.54. The van der Waals surface area contributed by atoms with Gasteiger partial charge in [0.1, 0.15) is 0 Å². The third-order valence-corrected chi connectivity index (χ3v) is 5.75. The van der Waals surface area contributed by atoms with Crippen molar-refractivity contribution in [2.24, 2.45) is 10.9 Å². The predicted molar refractivity (Wildman–Crippen MR) is 115 cm³/mol. The summed E-state index contributed by atoms with van der Waals surface area (Å²) in [6, 6.07) is 0. The van der Waals surface area contributed by atoms with Gasteiger partial charge in [-0.3, -0.25) is 14.7 Å². The van der Waals surface area contributed by atoms with Crippen molar-refractivity contribution in [3.63, 3.8) is 0 Å². The molecule has 9 nitrogen and oxygen atoms in total. The molecule has 2 aliphatic heterocycles. The van der Waals surface area contributed by atoms with Crippen molar-refractivity contribution in [2.45, 2.75) is 12.8 Å². The number of likely N-dealkylation sites (tertiary alicyclic amines) is 1. The third kappa shape index (κ3) is 8.86. The molecule has 0 aliphatic carbocycles. The second-order valence-corrected chi connectivity index (χ2v) is 7.81. The number of piperazine rings is 1. The number of carbonyl (C=O) groups excluding carboxylic acids is 1. The standard InChI is InChI=1S/C20H40N6O3/c1-21-20(23-16-18-4-7-24(8-5-18)13-15-29-3)26-11-9-25(10-12-26)17-19(27)22-6-14-28-2/h18H,4-17H2,1-3H3,(H,21,23)(H,22,27). The summed E-state index contributed by atoms with van der Waals surface area (Å²) >= 11 is 0. The number of guanidine groups is 1. The van der Waals surface area contributed by atoms with Crippen LogP contribution in [0.1, 0.15) is 12.8 Å². The number of methoxy groups -OCH3 is 2. The lowest BCUT2D eigenvalue weighted by molar-refractivity contribution is -0.122. The normalized spacial score (nSPS) is 20.1. The summed E-state index contributed by atoms with van der Waals surface area (Å²) in [6.45, 7) is 10.2. The molecule has 0 saturated carbocycles. The summed E-state index contributed by atoms with van der Waals surface area (Å²) in [5.41, 5.74) is 0. The number of hydrogen-bond donors (Lipinski definition) is 2. The number of ether oxygens (including phenoxy) is 2. The molecule has 0 aromatic carbocycles. The number of nitrogens with one attached hydrogen (secondary N) is 2. The van der Waals surface area contributed by atoms with E-state index >= 15 is 0 Å². The molecule has 2 saturated heterocycles. The number of nitrogens with zero attached hydrogens (tertiary/aromatic N) is 4. The van der Waals surface area contributed by atoms with E-state index in [0.29, 0.717) is 25.6 Å². The topological polar surface area (TPSA) is 81.7 Å². The second kappa shape index (κ2) is 13.7. The van der Waals surface area contributed by atoms with Gasteiger partial charge in [-0.2, -0.15) is 0 Å². The van der Waals surface area contributed by atoms with Crippen LogP contribution in [-0.2, 0) is 14.3 Å².